The summed E-state index contributed by atoms with van der Waals surface area (Å²) in [6.07, 6.45) is 1.73. The van der Waals surface area contributed by atoms with Crippen molar-refractivity contribution in [2.24, 2.45) is 11.3 Å². The van der Waals surface area contributed by atoms with Gasteiger partial charge in [-0.1, -0.05) is 52.8 Å². The normalized spacial score (nSPS) is 15.4. The standard InChI is InChI=1S/C26H36N6O/c1-18(2)17-21-27-23(30-13-10-14-31(16-15-30)25(33)26(4,5)6)22-19(3)29-32(24(22)28-21)20-11-8-7-9-12-20/h7-9,11-12,18H,10,13-17H2,1-6H3. The second-order valence-electron chi connectivity index (χ2n) is 10.5. The van der Waals surface area contributed by atoms with E-state index >= 15 is 0 Å². The quantitative estimate of drug-likeness (QED) is 0.592. The lowest BCUT2D eigenvalue weighted by molar-refractivity contribution is -0.139. The topological polar surface area (TPSA) is 67.2 Å². The van der Waals surface area contributed by atoms with Gasteiger partial charge in [-0.2, -0.15) is 5.10 Å². The van der Waals surface area contributed by atoms with E-state index in [1.807, 2.05) is 55.5 Å². The van der Waals surface area contributed by atoms with Gasteiger partial charge >= 0.3 is 0 Å². The summed E-state index contributed by atoms with van der Waals surface area (Å²) >= 11 is 0. The van der Waals surface area contributed by atoms with Gasteiger partial charge in [-0.25, -0.2) is 14.6 Å². The Kier molecular flexibility index (Phi) is 6.41. The molecule has 3 aromatic rings. The summed E-state index contributed by atoms with van der Waals surface area (Å²) in [6, 6.07) is 10.2. The Bertz CT molecular complexity index is 1130. The van der Waals surface area contributed by atoms with Crippen molar-refractivity contribution >= 4 is 22.8 Å². The van der Waals surface area contributed by atoms with Crippen LogP contribution < -0.4 is 4.90 Å². The Morgan fingerprint density at radius 2 is 1.76 bits per heavy atom. The molecule has 0 unspecified atom stereocenters. The molecule has 176 valence electrons. The molecule has 0 saturated carbocycles. The minimum atomic E-state index is -0.366. The first kappa shape index (κ1) is 23.2. The Morgan fingerprint density at radius 1 is 1.03 bits per heavy atom. The van der Waals surface area contributed by atoms with E-state index in [9.17, 15) is 4.79 Å². The maximum atomic E-state index is 12.9. The highest BCUT2D eigenvalue weighted by Crippen LogP contribution is 2.30. The zero-order valence-corrected chi connectivity index (χ0v) is 20.8. The van der Waals surface area contributed by atoms with Gasteiger partial charge in [0.05, 0.1) is 16.8 Å². The van der Waals surface area contributed by atoms with Crippen molar-refractivity contribution in [3.05, 3.63) is 41.9 Å². The van der Waals surface area contributed by atoms with Crippen molar-refractivity contribution in [3.63, 3.8) is 0 Å². The van der Waals surface area contributed by atoms with E-state index in [1.54, 1.807) is 0 Å². The molecule has 1 aromatic carbocycles. The lowest BCUT2D eigenvalue weighted by Crippen LogP contribution is -2.41. The minimum absolute atomic E-state index is 0.214. The van der Waals surface area contributed by atoms with Gasteiger partial charge in [0, 0.05) is 38.0 Å². The number of aryl methyl sites for hydroxylation is 1. The van der Waals surface area contributed by atoms with Crippen LogP contribution in [-0.2, 0) is 11.2 Å². The molecule has 1 fully saturated rings. The molecule has 7 nitrogen and oxygen atoms in total. The largest absolute Gasteiger partial charge is 0.354 e. The number of fused-ring (bicyclic) bond motifs is 1. The van der Waals surface area contributed by atoms with Crippen LogP contribution in [0.15, 0.2) is 30.3 Å². The van der Waals surface area contributed by atoms with Crippen LogP contribution in [0.4, 0.5) is 5.82 Å². The lowest BCUT2D eigenvalue weighted by atomic mass is 9.94. The van der Waals surface area contributed by atoms with Crippen LogP contribution in [0.2, 0.25) is 0 Å². The monoisotopic (exact) mass is 448 g/mol. The highest BCUT2D eigenvalue weighted by atomic mass is 16.2. The summed E-state index contributed by atoms with van der Waals surface area (Å²) in [5.41, 5.74) is 2.40. The molecule has 0 N–H and O–H groups in total. The number of hydrogen-bond donors (Lipinski definition) is 0. The van der Waals surface area contributed by atoms with E-state index in [2.05, 4.69) is 30.9 Å². The van der Waals surface area contributed by atoms with Crippen molar-refractivity contribution in [3.8, 4) is 5.69 Å². The third-order valence-electron chi connectivity index (χ3n) is 6.05. The molecule has 0 radical (unpaired) electrons. The molecule has 0 atom stereocenters. The number of carbonyl (C=O) groups excluding carboxylic acids is 1. The fraction of sp³-hybridized carbons (Fsp3) is 0.538. The van der Waals surface area contributed by atoms with Crippen LogP contribution in [0.1, 0.15) is 52.6 Å². The molecule has 0 spiro atoms. The van der Waals surface area contributed by atoms with Crippen LogP contribution in [0.25, 0.3) is 16.7 Å². The highest BCUT2D eigenvalue weighted by Gasteiger charge is 2.30. The minimum Gasteiger partial charge on any atom is -0.354 e. The molecular formula is C26H36N6O. The molecule has 1 aliphatic heterocycles. The van der Waals surface area contributed by atoms with Crippen molar-refractivity contribution in [1.29, 1.82) is 0 Å². The highest BCUT2D eigenvalue weighted by molar-refractivity contribution is 5.91. The number of rotatable bonds is 4. The summed E-state index contributed by atoms with van der Waals surface area (Å²) in [4.78, 5) is 27.2. The fourth-order valence-electron chi connectivity index (χ4n) is 4.45. The number of amides is 1. The predicted molar refractivity (Wildman–Crippen MR) is 133 cm³/mol. The third kappa shape index (κ3) is 4.87. The number of carbonyl (C=O) groups is 1. The molecule has 1 aliphatic rings. The molecule has 0 aliphatic carbocycles. The molecule has 0 bridgehead atoms. The number of nitrogens with zero attached hydrogens (tertiary/aromatic N) is 6. The van der Waals surface area contributed by atoms with Gasteiger partial charge in [0.15, 0.2) is 5.65 Å². The Balaban J connectivity index is 1.77. The summed E-state index contributed by atoms with van der Waals surface area (Å²) in [5.74, 6) is 2.45. The molecular weight excluding hydrogens is 412 g/mol. The first-order chi connectivity index (χ1) is 15.6. The number of hydrogen-bond acceptors (Lipinski definition) is 5. The second-order valence-corrected chi connectivity index (χ2v) is 10.5. The van der Waals surface area contributed by atoms with Crippen LogP contribution in [0.5, 0.6) is 0 Å². The fourth-order valence-corrected chi connectivity index (χ4v) is 4.45. The van der Waals surface area contributed by atoms with Gasteiger partial charge in [-0.3, -0.25) is 4.79 Å². The molecule has 33 heavy (non-hydrogen) atoms. The van der Waals surface area contributed by atoms with E-state index in [-0.39, 0.29) is 11.3 Å². The smallest absolute Gasteiger partial charge is 0.228 e. The van der Waals surface area contributed by atoms with Crippen molar-refractivity contribution in [1.82, 2.24) is 24.6 Å². The van der Waals surface area contributed by atoms with Crippen molar-refractivity contribution < 1.29 is 4.79 Å². The first-order valence-corrected chi connectivity index (χ1v) is 12.0. The van der Waals surface area contributed by atoms with Gasteiger partial charge in [-0.15, -0.1) is 0 Å². The Labute approximate surface area is 196 Å². The summed E-state index contributed by atoms with van der Waals surface area (Å²) in [5, 5.41) is 5.86. The Morgan fingerprint density at radius 3 is 2.42 bits per heavy atom. The maximum absolute atomic E-state index is 12.9. The van der Waals surface area contributed by atoms with Gasteiger partial charge in [0.1, 0.15) is 11.6 Å². The summed E-state index contributed by atoms with van der Waals surface area (Å²) in [6.45, 7) is 15.5. The molecule has 4 rings (SSSR count). The van der Waals surface area contributed by atoms with Crippen LogP contribution in [0, 0.1) is 18.3 Å². The van der Waals surface area contributed by atoms with Crippen LogP contribution in [0.3, 0.4) is 0 Å². The maximum Gasteiger partial charge on any atom is 0.228 e. The lowest BCUT2D eigenvalue weighted by Gasteiger charge is -2.28. The van der Waals surface area contributed by atoms with Gasteiger partial charge in [-0.05, 0) is 31.4 Å². The van der Waals surface area contributed by atoms with Crippen LogP contribution in [-0.4, -0.2) is 56.7 Å². The summed E-state index contributed by atoms with van der Waals surface area (Å²) in [7, 11) is 0. The van der Waals surface area contributed by atoms with Gasteiger partial charge in [0.25, 0.3) is 0 Å². The Hall–Kier alpha value is -2.96. The van der Waals surface area contributed by atoms with E-state index < -0.39 is 0 Å². The molecule has 1 amide bonds. The van der Waals surface area contributed by atoms with Crippen molar-refractivity contribution in [2.45, 2.75) is 54.4 Å². The molecule has 7 heteroatoms. The summed E-state index contributed by atoms with van der Waals surface area (Å²) < 4.78 is 1.94. The zero-order valence-electron chi connectivity index (χ0n) is 20.8. The average molecular weight is 449 g/mol. The van der Waals surface area contributed by atoms with Crippen LogP contribution >= 0.6 is 0 Å². The third-order valence-corrected chi connectivity index (χ3v) is 6.05. The van der Waals surface area contributed by atoms with E-state index in [1.165, 1.54) is 0 Å². The van der Waals surface area contributed by atoms with Crippen molar-refractivity contribution in [2.75, 3.05) is 31.1 Å². The van der Waals surface area contributed by atoms with E-state index in [4.69, 9.17) is 15.1 Å². The first-order valence-electron chi connectivity index (χ1n) is 12.0. The second kappa shape index (κ2) is 9.12. The SMILES string of the molecule is Cc1nn(-c2ccccc2)c2nc(CC(C)C)nc(N3CCCN(C(=O)C(C)(C)C)CC3)c12. The predicted octanol–water partition coefficient (Wildman–Crippen LogP) is 4.41. The average Bonchev–Trinajstić information content (AvgIpc) is 2.94. The van der Waals surface area contributed by atoms with Gasteiger partial charge < -0.3 is 9.80 Å². The number of benzene rings is 1. The number of anilines is 1. The van der Waals surface area contributed by atoms with E-state index in [0.29, 0.717) is 12.5 Å². The zero-order chi connectivity index (χ0) is 23.8. The molecule has 3 heterocycles. The molecule has 2 aromatic heterocycles. The number of para-hydroxylation sites is 1. The number of aromatic nitrogens is 4. The molecule has 1 saturated heterocycles. The van der Waals surface area contributed by atoms with Gasteiger partial charge in [0.2, 0.25) is 5.91 Å². The van der Waals surface area contributed by atoms with E-state index in [0.717, 1.165) is 66.5 Å².